The average Bonchev–Trinajstić information content (AvgIpc) is 1.59. The second kappa shape index (κ2) is 3.87. The first-order chi connectivity index (χ1) is 4.46. The molecule has 1 atom stereocenters. The van der Waals surface area contributed by atoms with Crippen molar-refractivity contribution in [2.24, 2.45) is 0 Å². The monoisotopic (exact) mass is 180 g/mol. The quantitative estimate of drug-likeness (QED) is 0.521. The summed E-state index contributed by atoms with van der Waals surface area (Å²) in [5.74, 6) is 0. The van der Waals surface area contributed by atoms with Gasteiger partial charge in [-0.2, -0.15) is 0 Å². The van der Waals surface area contributed by atoms with Gasteiger partial charge in [-0.05, 0) is 0 Å². The van der Waals surface area contributed by atoms with Crippen LogP contribution in [0.4, 0.5) is 17.6 Å². The maximum atomic E-state index is 11.4. The van der Waals surface area contributed by atoms with Crippen LogP contribution < -0.4 is 0 Å². The lowest BCUT2D eigenvalue weighted by Gasteiger charge is -2.08. The molecule has 0 aromatic heterocycles. The van der Waals surface area contributed by atoms with Crippen molar-refractivity contribution in [3.05, 3.63) is 0 Å². The molecule has 0 radical (unpaired) electrons. The van der Waals surface area contributed by atoms with Crippen LogP contribution in [-0.4, -0.2) is 26.9 Å². The van der Waals surface area contributed by atoms with Crippen molar-refractivity contribution in [3.63, 3.8) is 0 Å². The molecule has 2 nitrogen and oxygen atoms in total. The molecule has 0 saturated heterocycles. The molecule has 10 heavy (non-hydrogen) atoms. The van der Waals surface area contributed by atoms with E-state index in [-0.39, 0.29) is 0 Å². The van der Waals surface area contributed by atoms with Gasteiger partial charge in [0.2, 0.25) is 0 Å². The molecule has 0 saturated carbocycles. The van der Waals surface area contributed by atoms with Crippen LogP contribution in [-0.2, 0) is 11.1 Å². The molecule has 7 heteroatoms. The second-order valence-electron chi connectivity index (χ2n) is 1.41. The van der Waals surface area contributed by atoms with Gasteiger partial charge in [-0.25, -0.2) is 21.8 Å². The SMILES string of the molecule is O=S(O)C(C(F)F)C(F)F. The first-order valence-electron chi connectivity index (χ1n) is 2.12. The van der Waals surface area contributed by atoms with E-state index in [2.05, 4.69) is 0 Å². The molecule has 0 aromatic rings. The third-order valence-corrected chi connectivity index (χ3v) is 1.61. The Kier molecular flexibility index (Phi) is 3.80. The van der Waals surface area contributed by atoms with E-state index in [9.17, 15) is 21.8 Å². The fraction of sp³-hybridized carbons (Fsp3) is 1.00. The van der Waals surface area contributed by atoms with Gasteiger partial charge >= 0.3 is 0 Å². The summed E-state index contributed by atoms with van der Waals surface area (Å²) in [6.45, 7) is 0. The van der Waals surface area contributed by atoms with E-state index in [1.165, 1.54) is 0 Å². The van der Waals surface area contributed by atoms with Gasteiger partial charge < -0.3 is 4.55 Å². The van der Waals surface area contributed by atoms with Crippen LogP contribution in [0.25, 0.3) is 0 Å². The molecule has 0 bridgehead atoms. The van der Waals surface area contributed by atoms with Crippen molar-refractivity contribution < 1.29 is 26.3 Å². The van der Waals surface area contributed by atoms with E-state index in [4.69, 9.17) is 4.55 Å². The highest BCUT2D eigenvalue weighted by atomic mass is 32.2. The molecular weight excluding hydrogens is 176 g/mol. The number of rotatable bonds is 3. The molecule has 1 N–H and O–H groups in total. The zero-order valence-electron chi connectivity index (χ0n) is 4.51. The van der Waals surface area contributed by atoms with Crippen LogP contribution in [0.1, 0.15) is 0 Å². The van der Waals surface area contributed by atoms with Gasteiger partial charge in [0.1, 0.15) is 0 Å². The Hall–Kier alpha value is -0.170. The first kappa shape index (κ1) is 9.83. The Morgan fingerprint density at radius 1 is 1.10 bits per heavy atom. The number of hydrogen-bond donors (Lipinski definition) is 1. The van der Waals surface area contributed by atoms with Crippen molar-refractivity contribution in [2.45, 2.75) is 18.1 Å². The first-order valence-corrected chi connectivity index (χ1v) is 3.29. The summed E-state index contributed by atoms with van der Waals surface area (Å²) >= 11 is -3.16. The lowest BCUT2D eigenvalue weighted by atomic mass is 10.5. The highest BCUT2D eigenvalue weighted by Gasteiger charge is 2.35. The minimum absolute atomic E-state index is 2.75. The number of halogens is 4. The standard InChI is InChI=1S/C3H4F4O2S/c4-2(5)1(3(6)7)10(8)9/h1-3H,(H,8,9). The molecule has 62 valence electrons. The van der Waals surface area contributed by atoms with Gasteiger partial charge in [0.05, 0.1) is 0 Å². The Labute approximate surface area is 56.5 Å². The van der Waals surface area contributed by atoms with Gasteiger partial charge in [-0.1, -0.05) is 0 Å². The molecule has 1 unspecified atom stereocenters. The van der Waals surface area contributed by atoms with E-state index in [0.717, 1.165) is 0 Å². The van der Waals surface area contributed by atoms with Gasteiger partial charge in [0.15, 0.2) is 16.3 Å². The Morgan fingerprint density at radius 3 is 1.40 bits per heavy atom. The van der Waals surface area contributed by atoms with Crippen LogP contribution in [0.5, 0.6) is 0 Å². The molecule has 0 heterocycles. The molecule has 0 aromatic carbocycles. The lowest BCUT2D eigenvalue weighted by molar-refractivity contribution is 0.0483. The predicted molar refractivity (Wildman–Crippen MR) is 26.6 cm³/mol. The molecule has 0 amide bonds. The summed E-state index contributed by atoms with van der Waals surface area (Å²) in [4.78, 5) is 0. The van der Waals surface area contributed by atoms with Gasteiger partial charge in [0, 0.05) is 0 Å². The van der Waals surface area contributed by atoms with Crippen molar-refractivity contribution >= 4 is 11.1 Å². The van der Waals surface area contributed by atoms with E-state index in [1.807, 2.05) is 0 Å². The number of hydrogen-bond acceptors (Lipinski definition) is 1. The van der Waals surface area contributed by atoms with Gasteiger partial charge in [0.25, 0.3) is 12.9 Å². The summed E-state index contributed by atoms with van der Waals surface area (Å²) in [5.41, 5.74) is 0. The Bertz CT molecular complexity index is 120. The summed E-state index contributed by atoms with van der Waals surface area (Å²) in [6, 6.07) is 0. The highest BCUT2D eigenvalue weighted by molar-refractivity contribution is 7.80. The van der Waals surface area contributed by atoms with Crippen LogP contribution in [0.15, 0.2) is 0 Å². The Morgan fingerprint density at radius 2 is 1.40 bits per heavy atom. The molecule has 0 rings (SSSR count). The summed E-state index contributed by atoms with van der Waals surface area (Å²) in [7, 11) is 0. The van der Waals surface area contributed by atoms with E-state index < -0.39 is 29.2 Å². The smallest absolute Gasteiger partial charge is 0.260 e. The zero-order valence-corrected chi connectivity index (χ0v) is 5.32. The third-order valence-electron chi connectivity index (χ3n) is 0.730. The third kappa shape index (κ3) is 2.61. The zero-order chi connectivity index (χ0) is 8.31. The molecule has 0 fully saturated rings. The fourth-order valence-electron chi connectivity index (χ4n) is 0.286. The van der Waals surface area contributed by atoms with Gasteiger partial charge in [-0.15, -0.1) is 0 Å². The van der Waals surface area contributed by atoms with E-state index >= 15 is 0 Å². The fourth-order valence-corrected chi connectivity index (χ4v) is 0.638. The maximum Gasteiger partial charge on any atom is 0.260 e. The summed E-state index contributed by atoms with van der Waals surface area (Å²) in [6.07, 6.45) is -6.93. The van der Waals surface area contributed by atoms with Crippen molar-refractivity contribution in [1.82, 2.24) is 0 Å². The Balaban J connectivity index is 4.12. The minimum Gasteiger partial charge on any atom is -0.306 e. The second-order valence-corrected chi connectivity index (χ2v) is 2.51. The normalized spacial score (nSPS) is 15.2. The number of alkyl halides is 4. The molecule has 0 aliphatic carbocycles. The highest BCUT2D eigenvalue weighted by Crippen LogP contribution is 2.15. The van der Waals surface area contributed by atoms with Crippen molar-refractivity contribution in [1.29, 1.82) is 0 Å². The van der Waals surface area contributed by atoms with Crippen molar-refractivity contribution in [3.8, 4) is 0 Å². The summed E-state index contributed by atoms with van der Waals surface area (Å²) in [5, 5.41) is -2.75. The van der Waals surface area contributed by atoms with E-state index in [0.29, 0.717) is 0 Å². The van der Waals surface area contributed by atoms with E-state index in [1.54, 1.807) is 0 Å². The minimum atomic E-state index is -3.47. The largest absolute Gasteiger partial charge is 0.306 e. The molecule has 0 aliphatic heterocycles. The van der Waals surface area contributed by atoms with Crippen LogP contribution in [0, 0.1) is 0 Å². The average molecular weight is 180 g/mol. The lowest BCUT2D eigenvalue weighted by Crippen LogP contribution is -2.31. The molecule has 0 aliphatic rings. The van der Waals surface area contributed by atoms with Crippen LogP contribution in [0.2, 0.25) is 0 Å². The topological polar surface area (TPSA) is 37.3 Å². The van der Waals surface area contributed by atoms with Crippen molar-refractivity contribution in [2.75, 3.05) is 0 Å². The predicted octanol–water partition coefficient (Wildman–Crippen LogP) is 1.11. The molecule has 0 spiro atoms. The van der Waals surface area contributed by atoms with Gasteiger partial charge in [-0.3, -0.25) is 0 Å². The van der Waals surface area contributed by atoms with Crippen LogP contribution in [0.3, 0.4) is 0 Å². The maximum absolute atomic E-state index is 11.4. The summed E-state index contributed by atoms with van der Waals surface area (Å²) < 4.78 is 63.1. The molecular formula is C3H4F4O2S. The van der Waals surface area contributed by atoms with Crippen LogP contribution >= 0.6 is 0 Å².